The topological polar surface area (TPSA) is 87.0 Å². The maximum atomic E-state index is 6.14. The Morgan fingerprint density at radius 1 is 1.12 bits per heavy atom. The molecule has 0 amide bonds. The Morgan fingerprint density at radius 3 is 2.67 bits per heavy atom. The van der Waals surface area contributed by atoms with Gasteiger partial charge in [-0.25, -0.2) is 15.0 Å². The van der Waals surface area contributed by atoms with E-state index in [9.17, 15) is 0 Å². The largest absolute Gasteiger partial charge is 0.382 e. The van der Waals surface area contributed by atoms with Gasteiger partial charge < -0.3 is 20.5 Å². The molecule has 0 saturated carbocycles. The number of rotatable bonds is 4. The highest BCUT2D eigenvalue weighted by molar-refractivity contribution is 7.22. The lowest BCUT2D eigenvalue weighted by Crippen LogP contribution is -2.44. The van der Waals surface area contributed by atoms with Gasteiger partial charge in [0.1, 0.15) is 21.7 Å². The minimum absolute atomic E-state index is 0.491. The second-order valence-corrected chi connectivity index (χ2v) is 7.40. The molecule has 3 N–H and O–H groups in total. The van der Waals surface area contributed by atoms with Crippen LogP contribution < -0.4 is 10.6 Å². The van der Waals surface area contributed by atoms with Crippen molar-refractivity contribution in [1.82, 2.24) is 24.8 Å². The number of nitrogens with two attached hydrogens (primary N) is 1. The predicted octanol–water partition coefficient (Wildman–Crippen LogP) is 2.24. The molecule has 1 fully saturated rings. The van der Waals surface area contributed by atoms with Crippen molar-refractivity contribution >= 4 is 43.7 Å². The van der Waals surface area contributed by atoms with Gasteiger partial charge in [0.25, 0.3) is 0 Å². The van der Waals surface area contributed by atoms with Crippen molar-refractivity contribution in [2.45, 2.75) is 26.2 Å². The maximum Gasteiger partial charge on any atom is 0.188 e. The molecule has 8 heteroatoms. The van der Waals surface area contributed by atoms with Crippen LogP contribution in [0.5, 0.6) is 0 Å². The molecular weight excluding hydrogens is 322 g/mol. The van der Waals surface area contributed by atoms with Gasteiger partial charge in [0.05, 0.1) is 5.52 Å². The average molecular weight is 345 g/mol. The van der Waals surface area contributed by atoms with E-state index in [4.69, 9.17) is 10.7 Å². The van der Waals surface area contributed by atoms with E-state index >= 15 is 0 Å². The zero-order valence-corrected chi connectivity index (χ0v) is 15.0. The van der Waals surface area contributed by atoms with Crippen LogP contribution in [0.25, 0.3) is 21.4 Å². The van der Waals surface area contributed by atoms with E-state index in [1.165, 1.54) is 0 Å². The first-order valence-electron chi connectivity index (χ1n) is 8.53. The average Bonchev–Trinajstić information content (AvgIpc) is 3.17. The van der Waals surface area contributed by atoms with Gasteiger partial charge in [-0.2, -0.15) is 0 Å². The highest BCUT2D eigenvalue weighted by Gasteiger charge is 2.21. The number of pyridine rings is 1. The number of likely N-dealkylation sites (N-methyl/N-ethyl adjacent to an activating group) is 1. The van der Waals surface area contributed by atoms with Gasteiger partial charge >= 0.3 is 0 Å². The van der Waals surface area contributed by atoms with E-state index in [2.05, 4.69) is 38.7 Å². The molecule has 0 unspecified atom stereocenters. The zero-order valence-electron chi connectivity index (χ0n) is 14.2. The van der Waals surface area contributed by atoms with Crippen LogP contribution in [-0.4, -0.2) is 58.1 Å². The van der Waals surface area contributed by atoms with Gasteiger partial charge in [-0.05, 0) is 13.5 Å². The molecule has 1 aliphatic heterocycles. The van der Waals surface area contributed by atoms with E-state index in [0.717, 1.165) is 77.8 Å². The van der Waals surface area contributed by atoms with Crippen LogP contribution in [0.2, 0.25) is 0 Å². The standard InChI is InChI=1S/C16H23N7S/c1-3-4-5-10-18-11-12(19-10)14(17)21-15-13(11)20-16(24-15)23-8-6-22(2)7-9-23/h3-9H2,1-2H3,(H2,17,21)(H,18,19). The normalized spacial score (nSPS) is 16.5. The van der Waals surface area contributed by atoms with Gasteiger partial charge in [-0.15, -0.1) is 0 Å². The molecule has 0 bridgehead atoms. The lowest BCUT2D eigenvalue weighted by Gasteiger charge is -2.31. The summed E-state index contributed by atoms with van der Waals surface area (Å²) in [7, 11) is 2.16. The number of imidazole rings is 1. The number of thiazole rings is 1. The molecule has 1 aliphatic rings. The summed E-state index contributed by atoms with van der Waals surface area (Å²) in [5.41, 5.74) is 8.72. The van der Waals surface area contributed by atoms with Crippen molar-refractivity contribution in [2.75, 3.05) is 43.9 Å². The Balaban J connectivity index is 1.75. The van der Waals surface area contributed by atoms with E-state index in [1.807, 2.05) is 0 Å². The fourth-order valence-electron chi connectivity index (χ4n) is 3.08. The van der Waals surface area contributed by atoms with E-state index in [1.54, 1.807) is 11.3 Å². The molecule has 0 radical (unpaired) electrons. The van der Waals surface area contributed by atoms with Crippen molar-refractivity contribution < 1.29 is 0 Å². The monoisotopic (exact) mass is 345 g/mol. The highest BCUT2D eigenvalue weighted by Crippen LogP contribution is 2.33. The number of hydrogen-bond donors (Lipinski definition) is 2. The summed E-state index contributed by atoms with van der Waals surface area (Å²) in [6.07, 6.45) is 3.19. The first-order valence-corrected chi connectivity index (χ1v) is 9.35. The summed E-state index contributed by atoms with van der Waals surface area (Å²) in [5, 5.41) is 1.03. The number of aryl methyl sites for hydroxylation is 1. The lowest BCUT2D eigenvalue weighted by molar-refractivity contribution is 0.313. The lowest BCUT2D eigenvalue weighted by atomic mass is 10.2. The van der Waals surface area contributed by atoms with Gasteiger partial charge in [-0.3, -0.25) is 0 Å². The number of hydrogen-bond acceptors (Lipinski definition) is 7. The zero-order chi connectivity index (χ0) is 16.7. The van der Waals surface area contributed by atoms with Gasteiger partial charge in [-0.1, -0.05) is 24.7 Å². The molecule has 4 heterocycles. The highest BCUT2D eigenvalue weighted by atomic mass is 32.1. The van der Waals surface area contributed by atoms with Crippen molar-refractivity contribution in [2.24, 2.45) is 0 Å². The Kier molecular flexibility index (Phi) is 4.01. The summed E-state index contributed by atoms with van der Waals surface area (Å²) < 4.78 is 0. The van der Waals surface area contributed by atoms with Crippen molar-refractivity contribution in [3.05, 3.63) is 5.82 Å². The number of nitrogens with zero attached hydrogens (tertiary/aromatic N) is 5. The number of nitrogen functional groups attached to an aromatic ring is 1. The number of H-pyrrole nitrogens is 1. The quantitative estimate of drug-likeness (QED) is 0.754. The number of aromatic amines is 1. The number of nitrogens with one attached hydrogen (secondary N) is 1. The third-order valence-corrected chi connectivity index (χ3v) is 5.60. The second kappa shape index (κ2) is 6.18. The molecule has 24 heavy (non-hydrogen) atoms. The number of piperazine rings is 1. The molecule has 3 aromatic rings. The predicted molar refractivity (Wildman–Crippen MR) is 99.8 cm³/mol. The maximum absolute atomic E-state index is 6.14. The van der Waals surface area contributed by atoms with Crippen LogP contribution in [0, 0.1) is 0 Å². The molecule has 0 spiro atoms. The first kappa shape index (κ1) is 15.6. The second-order valence-electron chi connectivity index (χ2n) is 6.45. The van der Waals surface area contributed by atoms with Crippen LogP contribution in [-0.2, 0) is 6.42 Å². The molecule has 1 saturated heterocycles. The molecule has 3 aromatic heterocycles. The van der Waals surface area contributed by atoms with Crippen LogP contribution in [0.3, 0.4) is 0 Å². The Labute approximate surface area is 144 Å². The van der Waals surface area contributed by atoms with Crippen molar-refractivity contribution in [3.63, 3.8) is 0 Å². The summed E-state index contributed by atoms with van der Waals surface area (Å²) in [4.78, 5) is 23.0. The van der Waals surface area contributed by atoms with Crippen LogP contribution in [0.4, 0.5) is 10.9 Å². The molecule has 128 valence electrons. The molecule has 4 rings (SSSR count). The fraction of sp³-hybridized carbons (Fsp3) is 0.562. The van der Waals surface area contributed by atoms with E-state index in [-0.39, 0.29) is 0 Å². The molecule has 0 aromatic carbocycles. The third-order valence-electron chi connectivity index (χ3n) is 4.59. The molecule has 0 aliphatic carbocycles. The summed E-state index contributed by atoms with van der Waals surface area (Å²) in [5.74, 6) is 1.46. The van der Waals surface area contributed by atoms with Gasteiger partial charge in [0, 0.05) is 32.6 Å². The summed E-state index contributed by atoms with van der Waals surface area (Å²) in [6, 6.07) is 0. The minimum Gasteiger partial charge on any atom is -0.382 e. The van der Waals surface area contributed by atoms with E-state index < -0.39 is 0 Å². The third kappa shape index (κ3) is 2.69. The summed E-state index contributed by atoms with van der Waals surface area (Å²) >= 11 is 1.62. The minimum atomic E-state index is 0.491. The molecule has 0 atom stereocenters. The Morgan fingerprint density at radius 2 is 1.92 bits per heavy atom. The van der Waals surface area contributed by atoms with Crippen LogP contribution in [0.15, 0.2) is 0 Å². The van der Waals surface area contributed by atoms with E-state index in [0.29, 0.717) is 5.82 Å². The van der Waals surface area contributed by atoms with Crippen LogP contribution in [0.1, 0.15) is 25.6 Å². The smallest absolute Gasteiger partial charge is 0.188 e. The number of anilines is 2. The van der Waals surface area contributed by atoms with Crippen molar-refractivity contribution in [1.29, 1.82) is 0 Å². The molecule has 7 nitrogen and oxygen atoms in total. The number of fused-ring (bicyclic) bond motifs is 3. The van der Waals surface area contributed by atoms with Crippen molar-refractivity contribution in [3.8, 4) is 0 Å². The Hall–Kier alpha value is -1.93. The van der Waals surface area contributed by atoms with Gasteiger partial charge in [0.15, 0.2) is 10.9 Å². The number of unbranched alkanes of at least 4 members (excludes halogenated alkanes) is 1. The molecular formula is C16H23N7S. The summed E-state index contributed by atoms with van der Waals surface area (Å²) in [6.45, 7) is 6.30. The fourth-order valence-corrected chi connectivity index (χ4v) is 4.09. The van der Waals surface area contributed by atoms with Gasteiger partial charge in [0.2, 0.25) is 0 Å². The van der Waals surface area contributed by atoms with Crippen LogP contribution >= 0.6 is 11.3 Å². The SMILES string of the molecule is CCCCc1nc2c(N)nc3sc(N4CCN(C)CC4)nc3c2[nH]1. The first-order chi connectivity index (χ1) is 11.7. The Bertz CT molecular complexity index is 860. The number of aromatic nitrogens is 4.